The Morgan fingerprint density at radius 3 is 2.03 bits per heavy atom. The summed E-state index contributed by atoms with van der Waals surface area (Å²) in [5.74, 6) is 0.223. The lowest BCUT2D eigenvalue weighted by atomic mass is 10.0. The van der Waals surface area contributed by atoms with E-state index in [-0.39, 0.29) is 5.82 Å². The van der Waals surface area contributed by atoms with E-state index < -0.39 is 5.83 Å². The van der Waals surface area contributed by atoms with Crippen LogP contribution in [0.2, 0.25) is 0 Å². The molecule has 0 atom stereocenters. The molecule has 0 N–H and O–H groups in total. The Bertz CT molecular complexity index is 4320. The summed E-state index contributed by atoms with van der Waals surface area (Å²) in [4.78, 5) is 20.4. The highest BCUT2D eigenvalue weighted by Gasteiger charge is 2.20. The molecule has 0 unspecified atom stereocenters. The van der Waals surface area contributed by atoms with Gasteiger partial charge in [-0.15, -0.1) is 0 Å². The average Bonchev–Trinajstić information content (AvgIpc) is 4.05. The lowest BCUT2D eigenvalue weighted by Gasteiger charge is -2.08. The van der Waals surface area contributed by atoms with Gasteiger partial charge in [0.2, 0.25) is 11.7 Å². The summed E-state index contributed by atoms with van der Waals surface area (Å²) in [6, 6.07) is 60.1. The molecule has 5 heterocycles. The third-order valence-corrected chi connectivity index (χ3v) is 12.6. The van der Waals surface area contributed by atoms with E-state index in [0.717, 1.165) is 87.5 Å². The molecule has 0 fully saturated rings. The second kappa shape index (κ2) is 15.0. The van der Waals surface area contributed by atoms with E-state index in [1.165, 1.54) is 18.2 Å². The average molecular weight is 869 g/mol. The summed E-state index contributed by atoms with van der Waals surface area (Å²) in [6.45, 7) is 3.51. The minimum absolute atomic E-state index is 0.294. The zero-order chi connectivity index (χ0) is 44.8. The molecule has 0 saturated carbocycles. The van der Waals surface area contributed by atoms with Gasteiger partial charge in [0.05, 0.1) is 22.1 Å². The molecule has 67 heavy (non-hydrogen) atoms. The molecule has 6 bridgehead atoms. The summed E-state index contributed by atoms with van der Waals surface area (Å²) in [5.41, 5.74) is 10.4. The van der Waals surface area contributed by atoms with Crippen LogP contribution in [-0.4, -0.2) is 28.7 Å². The highest BCUT2D eigenvalue weighted by atomic mass is 19.1. The van der Waals surface area contributed by atoms with Gasteiger partial charge in [-0.2, -0.15) is 9.97 Å². The zero-order valence-corrected chi connectivity index (χ0v) is 35.5. The first-order valence-corrected chi connectivity index (χ1v) is 21.8. The number of aromatic nitrogens is 6. The van der Waals surface area contributed by atoms with Gasteiger partial charge in [0, 0.05) is 43.8 Å². The Hall–Kier alpha value is -9.08. The van der Waals surface area contributed by atoms with Gasteiger partial charge in [-0.25, -0.2) is 18.7 Å². The second-order valence-corrected chi connectivity index (χ2v) is 16.7. The molecule has 9 heteroatoms. The van der Waals surface area contributed by atoms with E-state index >= 15 is 0 Å². The van der Waals surface area contributed by atoms with Crippen molar-refractivity contribution < 1.29 is 13.2 Å². The highest BCUT2D eigenvalue weighted by Crippen LogP contribution is 2.40. The highest BCUT2D eigenvalue weighted by molar-refractivity contribution is 6.23. The van der Waals surface area contributed by atoms with Crippen molar-refractivity contribution in [3.05, 3.63) is 212 Å². The molecule has 0 spiro atoms. The summed E-state index contributed by atoms with van der Waals surface area (Å²) in [5, 5.41) is 6.90. The third kappa shape index (κ3) is 6.39. The number of hydrogen-bond acceptors (Lipinski definition) is 5. The van der Waals surface area contributed by atoms with Crippen molar-refractivity contribution in [2.75, 3.05) is 0 Å². The molecule has 7 nitrogen and oxygen atoms in total. The number of nitrogens with zero attached hydrogens (tertiary/aromatic N) is 6. The number of para-hydroxylation sites is 2. The van der Waals surface area contributed by atoms with Crippen LogP contribution >= 0.6 is 0 Å². The number of fused-ring (bicyclic) bond motifs is 16. The van der Waals surface area contributed by atoms with E-state index in [2.05, 4.69) is 106 Å². The van der Waals surface area contributed by atoms with Gasteiger partial charge in [-0.3, -0.25) is 4.40 Å². The van der Waals surface area contributed by atoms with Crippen molar-refractivity contribution in [2.45, 2.75) is 0 Å². The van der Waals surface area contributed by atoms with Crippen molar-refractivity contribution in [1.82, 2.24) is 28.7 Å². The maximum Gasteiger partial charge on any atom is 0.238 e. The van der Waals surface area contributed by atoms with Crippen molar-refractivity contribution in [3.63, 3.8) is 0 Å². The predicted octanol–water partition coefficient (Wildman–Crippen LogP) is 15.2. The maximum absolute atomic E-state index is 14.6. The Morgan fingerprint density at radius 2 is 1.25 bits per heavy atom. The topological polar surface area (TPSA) is 73.5 Å². The van der Waals surface area contributed by atoms with Crippen LogP contribution in [-0.2, 0) is 0 Å². The first-order valence-electron chi connectivity index (χ1n) is 21.8. The van der Waals surface area contributed by atoms with Gasteiger partial charge in [-0.05, 0) is 130 Å². The van der Waals surface area contributed by atoms with Gasteiger partial charge >= 0.3 is 0 Å². The fraction of sp³-hybridized carbons (Fsp3) is 0. The minimum Gasteiger partial charge on any atom is -0.436 e. The molecular formula is C58H34F2N6O. The Labute approximate surface area is 380 Å². The van der Waals surface area contributed by atoms with Crippen molar-refractivity contribution >= 4 is 93.9 Å². The molecule has 0 amide bonds. The van der Waals surface area contributed by atoms with Gasteiger partial charge in [-0.1, -0.05) is 97.6 Å². The molecule has 5 aromatic heterocycles. The SMILES string of the molecule is C=C(F)/C=C\c1cc2cccc(c2)c2cc(-c3ccc4oc(-c5ccccc5)nc4c3)cc(c2)n2c3ccccc3c3ccc4c5ccccc5n(c5nc(-c6ccc(F)cc6)nc1n5)c4c32. The third-order valence-electron chi connectivity index (χ3n) is 12.6. The maximum atomic E-state index is 14.6. The molecule has 0 radical (unpaired) electrons. The summed E-state index contributed by atoms with van der Waals surface area (Å²) < 4.78 is 39.7. The normalized spacial score (nSPS) is 12.0. The van der Waals surface area contributed by atoms with Crippen molar-refractivity contribution in [2.24, 2.45) is 0 Å². The minimum atomic E-state index is -0.624. The van der Waals surface area contributed by atoms with Crippen LogP contribution in [0, 0.1) is 5.82 Å². The van der Waals surface area contributed by atoms with Gasteiger partial charge < -0.3 is 8.82 Å². The lowest BCUT2D eigenvalue weighted by molar-refractivity contribution is 0.620. The molecular weight excluding hydrogens is 835 g/mol. The molecule has 0 aliphatic carbocycles. The quantitative estimate of drug-likeness (QED) is 0.161. The zero-order valence-electron chi connectivity index (χ0n) is 35.5. The fourth-order valence-corrected chi connectivity index (χ4v) is 9.54. The monoisotopic (exact) mass is 868 g/mol. The second-order valence-electron chi connectivity index (χ2n) is 16.7. The molecule has 0 aliphatic rings. The van der Waals surface area contributed by atoms with E-state index in [1.54, 1.807) is 18.2 Å². The summed E-state index contributed by atoms with van der Waals surface area (Å²) in [7, 11) is 0. The molecule has 8 aromatic carbocycles. The van der Waals surface area contributed by atoms with E-state index in [0.29, 0.717) is 39.8 Å². The smallest absolute Gasteiger partial charge is 0.238 e. The largest absolute Gasteiger partial charge is 0.436 e. The number of benzene rings is 8. The van der Waals surface area contributed by atoms with Gasteiger partial charge in [0.1, 0.15) is 17.2 Å². The van der Waals surface area contributed by atoms with Crippen LogP contribution in [0.25, 0.3) is 128 Å². The Kier molecular flexibility index (Phi) is 8.60. The van der Waals surface area contributed by atoms with Crippen LogP contribution in [0.15, 0.2) is 205 Å². The van der Waals surface area contributed by atoms with Crippen LogP contribution in [0.1, 0.15) is 5.56 Å². The standard InChI is InChI=1S/C58H34F2N6O/c1-34(59)18-19-40-29-35-10-9-13-38(28-35)41-30-42(39-22-27-52-49(33-39)61-57(67-52)37-11-3-2-4-12-37)32-44(31-41)65-50-16-7-5-14-45(50)47-25-26-48-46-15-6-8-17-51(46)66(54(48)53(47)65)58-63-55(62-56(40)64-58)36-20-23-43(60)24-21-36/h2-33H,1H2/b19-18-,40-29?. The predicted molar refractivity (Wildman–Crippen MR) is 268 cm³/mol. The number of allylic oxidation sites excluding steroid dienone is 2. The molecule has 0 aliphatic heterocycles. The summed E-state index contributed by atoms with van der Waals surface area (Å²) >= 11 is 0. The van der Waals surface area contributed by atoms with Gasteiger partial charge in [0.15, 0.2) is 17.1 Å². The first-order chi connectivity index (χ1) is 32.9. The van der Waals surface area contributed by atoms with E-state index in [1.807, 2.05) is 66.7 Å². The number of oxazole rings is 1. The number of halogens is 2. The summed E-state index contributed by atoms with van der Waals surface area (Å²) in [6.07, 6.45) is 2.93. The van der Waals surface area contributed by atoms with Crippen LogP contribution in [0.3, 0.4) is 0 Å². The van der Waals surface area contributed by atoms with Gasteiger partial charge in [0.25, 0.3) is 0 Å². The lowest BCUT2D eigenvalue weighted by Crippen LogP contribution is -2.00. The van der Waals surface area contributed by atoms with Crippen LogP contribution in [0.5, 0.6) is 0 Å². The molecule has 316 valence electrons. The molecule has 13 rings (SSSR count). The van der Waals surface area contributed by atoms with Crippen molar-refractivity contribution in [3.8, 4) is 34.0 Å². The Morgan fingerprint density at radius 1 is 0.537 bits per heavy atom. The number of rotatable bonds is 5. The van der Waals surface area contributed by atoms with Crippen molar-refractivity contribution in [1.29, 1.82) is 0 Å². The molecule has 13 aromatic rings. The van der Waals surface area contributed by atoms with Crippen LogP contribution < -0.4 is 0 Å². The Balaban J connectivity index is 1.26. The first kappa shape index (κ1) is 38.4. The number of hydrogen-bond donors (Lipinski definition) is 0. The molecule has 0 saturated heterocycles. The van der Waals surface area contributed by atoms with E-state index in [9.17, 15) is 8.78 Å². The van der Waals surface area contributed by atoms with E-state index in [4.69, 9.17) is 24.4 Å². The fourth-order valence-electron chi connectivity index (χ4n) is 9.54. The van der Waals surface area contributed by atoms with Crippen LogP contribution in [0.4, 0.5) is 8.78 Å².